The first-order valence-corrected chi connectivity index (χ1v) is 11.0. The van der Waals surface area contributed by atoms with E-state index in [1.54, 1.807) is 7.11 Å². The maximum Gasteiger partial charge on any atom is 0.234 e. The number of halogens is 1. The lowest BCUT2D eigenvalue weighted by atomic mass is 9.73. The van der Waals surface area contributed by atoms with E-state index in [1.165, 1.54) is 0 Å². The van der Waals surface area contributed by atoms with Crippen LogP contribution in [0.4, 0.5) is 0 Å². The summed E-state index contributed by atoms with van der Waals surface area (Å²) in [5.74, 6) is 0.169. The Morgan fingerprint density at radius 2 is 1.93 bits per heavy atom. The zero-order valence-electron chi connectivity index (χ0n) is 17.7. The Kier molecular flexibility index (Phi) is 8.50. The van der Waals surface area contributed by atoms with E-state index >= 15 is 0 Å². The largest absolute Gasteiger partial charge is 0.385 e. The Morgan fingerprint density at radius 1 is 1.20 bits per heavy atom. The van der Waals surface area contributed by atoms with E-state index in [4.69, 9.17) is 21.1 Å². The van der Waals surface area contributed by atoms with Crippen LogP contribution < -0.4 is 5.32 Å². The maximum absolute atomic E-state index is 13.6. The zero-order chi connectivity index (χ0) is 21.4. The molecule has 166 valence electrons. The molecule has 30 heavy (non-hydrogen) atoms. The van der Waals surface area contributed by atoms with Crippen molar-refractivity contribution in [3.63, 3.8) is 0 Å². The minimum Gasteiger partial charge on any atom is -0.385 e. The lowest BCUT2D eigenvalue weighted by Gasteiger charge is -2.43. The van der Waals surface area contributed by atoms with Crippen LogP contribution >= 0.6 is 11.6 Å². The standard InChI is InChI=1S/C22H32ClN3O4/c1-29-13-3-8-24-20(27)17-25-9-11-26(12-10-25)21(28)22(6-14-30-15-7-22)18-4-2-5-19(23)16-18/h2,4-5,16H,3,6-15,17H2,1H3,(H,24,27). The highest BCUT2D eigenvalue weighted by atomic mass is 35.5. The van der Waals surface area contributed by atoms with Gasteiger partial charge in [0.1, 0.15) is 0 Å². The fourth-order valence-electron chi connectivity index (χ4n) is 4.25. The van der Waals surface area contributed by atoms with Crippen molar-refractivity contribution < 1.29 is 19.1 Å². The van der Waals surface area contributed by atoms with Crippen molar-refractivity contribution in [3.05, 3.63) is 34.9 Å². The molecular formula is C22H32ClN3O4. The molecule has 0 unspecified atom stereocenters. The van der Waals surface area contributed by atoms with Crippen molar-refractivity contribution in [2.75, 3.05) is 66.2 Å². The number of hydrogen-bond acceptors (Lipinski definition) is 5. The Hall–Kier alpha value is -1.67. The number of rotatable bonds is 8. The van der Waals surface area contributed by atoms with Gasteiger partial charge >= 0.3 is 0 Å². The monoisotopic (exact) mass is 437 g/mol. The van der Waals surface area contributed by atoms with Gasteiger partial charge in [0, 0.05) is 64.7 Å². The van der Waals surface area contributed by atoms with Gasteiger partial charge in [-0.05, 0) is 37.0 Å². The van der Waals surface area contributed by atoms with Crippen LogP contribution in [0.15, 0.2) is 24.3 Å². The number of carbonyl (C=O) groups is 2. The molecule has 2 aliphatic rings. The quantitative estimate of drug-likeness (QED) is 0.626. The fraction of sp³-hybridized carbons (Fsp3) is 0.636. The molecule has 1 aromatic rings. The smallest absolute Gasteiger partial charge is 0.234 e. The summed E-state index contributed by atoms with van der Waals surface area (Å²) < 4.78 is 10.5. The summed E-state index contributed by atoms with van der Waals surface area (Å²) in [6, 6.07) is 7.65. The maximum atomic E-state index is 13.6. The highest BCUT2D eigenvalue weighted by Gasteiger charge is 2.44. The Morgan fingerprint density at radius 3 is 2.60 bits per heavy atom. The first-order valence-electron chi connectivity index (χ1n) is 10.7. The molecule has 0 spiro atoms. The molecule has 2 amide bonds. The van der Waals surface area contributed by atoms with Gasteiger partial charge in [0.05, 0.1) is 12.0 Å². The van der Waals surface area contributed by atoms with Gasteiger partial charge < -0.3 is 19.7 Å². The van der Waals surface area contributed by atoms with Crippen LogP contribution in [0.25, 0.3) is 0 Å². The summed E-state index contributed by atoms with van der Waals surface area (Å²) in [4.78, 5) is 29.8. The highest BCUT2D eigenvalue weighted by Crippen LogP contribution is 2.38. The molecule has 0 bridgehead atoms. The van der Waals surface area contributed by atoms with Crippen molar-refractivity contribution in [2.45, 2.75) is 24.7 Å². The zero-order valence-corrected chi connectivity index (χ0v) is 18.5. The summed E-state index contributed by atoms with van der Waals surface area (Å²) >= 11 is 6.23. The second kappa shape index (κ2) is 11.1. The summed E-state index contributed by atoms with van der Waals surface area (Å²) in [5.41, 5.74) is 0.394. The first-order chi connectivity index (χ1) is 14.5. The van der Waals surface area contributed by atoms with Gasteiger partial charge in [-0.1, -0.05) is 23.7 Å². The molecule has 1 aromatic carbocycles. The van der Waals surface area contributed by atoms with E-state index in [1.807, 2.05) is 29.2 Å². The number of nitrogens with zero attached hydrogens (tertiary/aromatic N) is 2. The van der Waals surface area contributed by atoms with Crippen molar-refractivity contribution in [3.8, 4) is 0 Å². The molecule has 0 radical (unpaired) electrons. The molecule has 2 aliphatic heterocycles. The average Bonchev–Trinajstić information content (AvgIpc) is 2.77. The van der Waals surface area contributed by atoms with Crippen LogP contribution in [0.2, 0.25) is 5.02 Å². The number of carbonyl (C=O) groups excluding carboxylic acids is 2. The van der Waals surface area contributed by atoms with Crippen LogP contribution in [0.5, 0.6) is 0 Å². The Labute approximate surface area is 183 Å². The number of amides is 2. The number of methoxy groups -OCH3 is 1. The summed E-state index contributed by atoms with van der Waals surface area (Å²) in [6.45, 7) is 5.40. The van der Waals surface area contributed by atoms with Gasteiger partial charge in [-0.15, -0.1) is 0 Å². The molecular weight excluding hydrogens is 406 g/mol. The van der Waals surface area contributed by atoms with E-state index in [-0.39, 0.29) is 11.8 Å². The molecule has 0 saturated carbocycles. The topological polar surface area (TPSA) is 71.1 Å². The third kappa shape index (κ3) is 5.72. The molecule has 3 rings (SSSR count). The second-order valence-corrected chi connectivity index (χ2v) is 8.41. The van der Waals surface area contributed by atoms with Crippen LogP contribution in [-0.4, -0.2) is 87.8 Å². The van der Waals surface area contributed by atoms with Gasteiger partial charge in [0.25, 0.3) is 0 Å². The van der Waals surface area contributed by atoms with E-state index < -0.39 is 5.41 Å². The third-order valence-corrected chi connectivity index (χ3v) is 6.24. The minimum absolute atomic E-state index is 0.0192. The lowest BCUT2D eigenvalue weighted by molar-refractivity contribution is -0.143. The predicted octanol–water partition coefficient (Wildman–Crippen LogP) is 1.69. The van der Waals surface area contributed by atoms with Crippen molar-refractivity contribution in [1.82, 2.24) is 15.1 Å². The van der Waals surface area contributed by atoms with E-state index in [0.717, 1.165) is 12.0 Å². The van der Waals surface area contributed by atoms with E-state index in [2.05, 4.69) is 10.2 Å². The molecule has 0 aromatic heterocycles. The predicted molar refractivity (Wildman–Crippen MR) is 116 cm³/mol. The first kappa shape index (κ1) is 23.0. The van der Waals surface area contributed by atoms with Crippen LogP contribution in [0, 0.1) is 0 Å². The summed E-state index contributed by atoms with van der Waals surface area (Å²) in [5, 5.41) is 3.56. The third-order valence-electron chi connectivity index (χ3n) is 6.01. The number of nitrogens with one attached hydrogen (secondary N) is 1. The van der Waals surface area contributed by atoms with Crippen LogP contribution in [0.3, 0.4) is 0 Å². The average molecular weight is 438 g/mol. The highest BCUT2D eigenvalue weighted by molar-refractivity contribution is 6.30. The molecule has 0 atom stereocenters. The second-order valence-electron chi connectivity index (χ2n) is 7.97. The number of hydrogen-bond donors (Lipinski definition) is 1. The molecule has 0 aliphatic carbocycles. The molecule has 2 saturated heterocycles. The number of piperazine rings is 1. The van der Waals surface area contributed by atoms with Gasteiger partial charge in [0.15, 0.2) is 0 Å². The normalized spacial score (nSPS) is 19.5. The van der Waals surface area contributed by atoms with Gasteiger partial charge in [-0.3, -0.25) is 14.5 Å². The van der Waals surface area contributed by atoms with Gasteiger partial charge in [0.2, 0.25) is 11.8 Å². The molecule has 2 heterocycles. The van der Waals surface area contributed by atoms with E-state index in [0.29, 0.717) is 77.0 Å². The molecule has 2 fully saturated rings. The Balaban J connectivity index is 1.57. The lowest BCUT2D eigenvalue weighted by Crippen LogP contribution is -2.56. The SMILES string of the molecule is COCCCNC(=O)CN1CCN(C(=O)C2(c3cccc(Cl)c3)CCOCC2)CC1. The summed E-state index contributed by atoms with van der Waals surface area (Å²) in [6.07, 6.45) is 2.13. The summed E-state index contributed by atoms with van der Waals surface area (Å²) in [7, 11) is 1.65. The van der Waals surface area contributed by atoms with Crippen LogP contribution in [0.1, 0.15) is 24.8 Å². The van der Waals surface area contributed by atoms with Crippen molar-refractivity contribution >= 4 is 23.4 Å². The van der Waals surface area contributed by atoms with Crippen molar-refractivity contribution in [1.29, 1.82) is 0 Å². The Bertz CT molecular complexity index is 716. The minimum atomic E-state index is -0.579. The van der Waals surface area contributed by atoms with Gasteiger partial charge in [-0.2, -0.15) is 0 Å². The van der Waals surface area contributed by atoms with E-state index in [9.17, 15) is 9.59 Å². The molecule has 7 nitrogen and oxygen atoms in total. The number of benzene rings is 1. The molecule has 8 heteroatoms. The van der Waals surface area contributed by atoms with Crippen molar-refractivity contribution in [2.24, 2.45) is 0 Å². The number of ether oxygens (including phenoxy) is 2. The van der Waals surface area contributed by atoms with Crippen LogP contribution in [-0.2, 0) is 24.5 Å². The molecule has 1 N–H and O–H groups in total. The van der Waals surface area contributed by atoms with Gasteiger partial charge in [-0.25, -0.2) is 0 Å². The fourth-order valence-corrected chi connectivity index (χ4v) is 4.44.